The van der Waals surface area contributed by atoms with Gasteiger partial charge in [-0.15, -0.1) is 0 Å². The van der Waals surface area contributed by atoms with Gasteiger partial charge in [-0.1, -0.05) is 17.7 Å². The minimum Gasteiger partial charge on any atom is -0.366 e. The van der Waals surface area contributed by atoms with Gasteiger partial charge in [-0.25, -0.2) is 4.31 Å². The molecular weight excluding hydrogens is 306 g/mol. The number of rotatable bonds is 4. The summed E-state index contributed by atoms with van der Waals surface area (Å²) < 4.78 is 10.7. The third-order valence-corrected chi connectivity index (χ3v) is 5.40. The molecule has 1 aromatic carbocycles. The zero-order valence-corrected chi connectivity index (χ0v) is 14.5. The molecule has 0 amide bonds. The maximum atomic E-state index is 6.14. The fourth-order valence-electron chi connectivity index (χ4n) is 2.97. The molecule has 2 aliphatic rings. The predicted octanol–water partition coefficient (Wildman–Crippen LogP) is 4.00. The van der Waals surface area contributed by atoms with Crippen LogP contribution in [0.4, 0.5) is 0 Å². The Morgan fingerprint density at radius 3 is 2.65 bits per heavy atom. The lowest BCUT2D eigenvalue weighted by atomic mass is 10.2. The number of aryl methyl sites for hydroxylation is 1. The smallest absolute Gasteiger partial charge is 0.115 e. The van der Waals surface area contributed by atoms with Crippen molar-refractivity contribution in [3.8, 4) is 0 Å². The van der Waals surface area contributed by atoms with Gasteiger partial charge in [0.1, 0.15) is 6.10 Å². The van der Waals surface area contributed by atoms with E-state index in [1.807, 2.05) is 11.9 Å². The van der Waals surface area contributed by atoms with E-state index < -0.39 is 0 Å². The SMILES string of the molecule is Cc1ccc(SN2CC(C)OC(c3ccn(C4CC4)n3)C2)cc1. The molecule has 1 aliphatic carbocycles. The van der Waals surface area contributed by atoms with Crippen molar-refractivity contribution >= 4 is 11.9 Å². The molecule has 2 fully saturated rings. The lowest BCUT2D eigenvalue weighted by Gasteiger charge is -2.35. The van der Waals surface area contributed by atoms with Crippen LogP contribution in [0, 0.1) is 6.92 Å². The van der Waals surface area contributed by atoms with E-state index in [1.165, 1.54) is 23.3 Å². The zero-order chi connectivity index (χ0) is 15.8. The summed E-state index contributed by atoms with van der Waals surface area (Å²) in [7, 11) is 0. The van der Waals surface area contributed by atoms with Gasteiger partial charge in [-0.3, -0.25) is 4.68 Å². The van der Waals surface area contributed by atoms with Gasteiger partial charge in [0.2, 0.25) is 0 Å². The first-order valence-electron chi connectivity index (χ1n) is 8.37. The highest BCUT2D eigenvalue weighted by atomic mass is 32.2. The number of morpholine rings is 1. The topological polar surface area (TPSA) is 30.3 Å². The summed E-state index contributed by atoms with van der Waals surface area (Å²) in [5.74, 6) is 0. The van der Waals surface area contributed by atoms with Crippen LogP contribution in [0.1, 0.15) is 43.2 Å². The molecule has 1 saturated carbocycles. The number of hydrogen-bond donors (Lipinski definition) is 0. The van der Waals surface area contributed by atoms with Gasteiger partial charge in [-0.2, -0.15) is 5.10 Å². The van der Waals surface area contributed by atoms with Crippen LogP contribution in [-0.4, -0.2) is 33.3 Å². The molecule has 2 unspecified atom stereocenters. The molecule has 1 aliphatic heterocycles. The molecule has 23 heavy (non-hydrogen) atoms. The standard InChI is InChI=1S/C18H23N3OS/c1-13-3-7-16(8-4-13)23-20-11-14(2)22-18(12-20)17-9-10-21(19-17)15-5-6-15/h3-4,7-10,14-15,18H,5-6,11-12H2,1-2H3. The average Bonchev–Trinajstić information content (AvgIpc) is 3.26. The van der Waals surface area contributed by atoms with Gasteiger partial charge in [0.25, 0.3) is 0 Å². The molecule has 0 bridgehead atoms. The van der Waals surface area contributed by atoms with Crippen LogP contribution >= 0.6 is 11.9 Å². The van der Waals surface area contributed by atoms with Crippen molar-refractivity contribution in [1.82, 2.24) is 14.1 Å². The Balaban J connectivity index is 1.45. The van der Waals surface area contributed by atoms with Crippen LogP contribution < -0.4 is 0 Å². The van der Waals surface area contributed by atoms with Crippen molar-refractivity contribution in [2.75, 3.05) is 13.1 Å². The lowest BCUT2D eigenvalue weighted by molar-refractivity contribution is -0.0553. The summed E-state index contributed by atoms with van der Waals surface area (Å²) in [6.07, 6.45) is 4.92. The van der Waals surface area contributed by atoms with E-state index in [9.17, 15) is 0 Å². The fraction of sp³-hybridized carbons (Fsp3) is 0.500. The molecule has 2 heterocycles. The van der Waals surface area contributed by atoms with Gasteiger partial charge in [0.05, 0.1) is 17.8 Å². The van der Waals surface area contributed by atoms with Crippen LogP contribution in [0.15, 0.2) is 41.4 Å². The van der Waals surface area contributed by atoms with Gasteiger partial charge in [0.15, 0.2) is 0 Å². The molecule has 4 nitrogen and oxygen atoms in total. The van der Waals surface area contributed by atoms with E-state index >= 15 is 0 Å². The quantitative estimate of drug-likeness (QED) is 0.793. The largest absolute Gasteiger partial charge is 0.366 e. The van der Waals surface area contributed by atoms with E-state index in [1.54, 1.807) is 0 Å². The molecule has 4 rings (SSSR count). The summed E-state index contributed by atoms with van der Waals surface area (Å²) >= 11 is 1.82. The van der Waals surface area contributed by atoms with Crippen molar-refractivity contribution in [3.05, 3.63) is 47.8 Å². The minimum atomic E-state index is 0.0664. The molecule has 0 N–H and O–H groups in total. The van der Waals surface area contributed by atoms with Gasteiger partial charge in [-0.05, 0) is 56.8 Å². The fourth-order valence-corrected chi connectivity index (χ4v) is 4.02. The minimum absolute atomic E-state index is 0.0664. The van der Waals surface area contributed by atoms with Gasteiger partial charge >= 0.3 is 0 Å². The van der Waals surface area contributed by atoms with Gasteiger partial charge < -0.3 is 4.74 Å². The maximum Gasteiger partial charge on any atom is 0.115 e. The van der Waals surface area contributed by atoms with Crippen LogP contribution in [0.5, 0.6) is 0 Å². The highest BCUT2D eigenvalue weighted by Gasteiger charge is 2.30. The Hall–Kier alpha value is -1.30. The van der Waals surface area contributed by atoms with Crippen LogP contribution in [-0.2, 0) is 4.74 Å². The number of ether oxygens (including phenoxy) is 1. The molecule has 0 spiro atoms. The summed E-state index contributed by atoms with van der Waals surface area (Å²) in [5.41, 5.74) is 2.37. The van der Waals surface area contributed by atoms with Crippen LogP contribution in [0.25, 0.3) is 0 Å². The maximum absolute atomic E-state index is 6.14. The number of nitrogens with zero attached hydrogens (tertiary/aromatic N) is 3. The van der Waals surface area contributed by atoms with E-state index in [-0.39, 0.29) is 12.2 Å². The Morgan fingerprint density at radius 1 is 1.13 bits per heavy atom. The van der Waals surface area contributed by atoms with E-state index in [2.05, 4.69) is 59.4 Å². The van der Waals surface area contributed by atoms with Crippen LogP contribution in [0.2, 0.25) is 0 Å². The van der Waals surface area contributed by atoms with Crippen molar-refractivity contribution < 1.29 is 4.74 Å². The summed E-state index contributed by atoms with van der Waals surface area (Å²) in [6.45, 7) is 6.09. The molecule has 5 heteroatoms. The van der Waals surface area contributed by atoms with E-state index in [0.717, 1.165) is 18.8 Å². The molecule has 2 atom stereocenters. The highest BCUT2D eigenvalue weighted by Crippen LogP contribution is 2.36. The molecule has 2 aromatic rings. The Kier molecular flexibility index (Phi) is 4.18. The first-order valence-corrected chi connectivity index (χ1v) is 9.15. The second-order valence-corrected chi connectivity index (χ2v) is 7.81. The number of aromatic nitrogens is 2. The number of hydrogen-bond acceptors (Lipinski definition) is 4. The van der Waals surface area contributed by atoms with Gasteiger partial charge in [0, 0.05) is 24.2 Å². The molecule has 0 radical (unpaired) electrons. The molecule has 1 aromatic heterocycles. The summed E-state index contributed by atoms with van der Waals surface area (Å²) in [5, 5.41) is 4.74. The second kappa shape index (κ2) is 6.30. The molecular formula is C18H23N3OS. The lowest BCUT2D eigenvalue weighted by Crippen LogP contribution is -2.39. The zero-order valence-electron chi connectivity index (χ0n) is 13.7. The van der Waals surface area contributed by atoms with Crippen molar-refractivity contribution in [2.45, 2.75) is 49.8 Å². The monoisotopic (exact) mass is 329 g/mol. The van der Waals surface area contributed by atoms with Crippen LogP contribution in [0.3, 0.4) is 0 Å². The second-order valence-electron chi connectivity index (χ2n) is 6.64. The Bertz CT molecular complexity index is 665. The molecule has 1 saturated heterocycles. The molecule has 122 valence electrons. The Labute approximate surface area is 142 Å². The summed E-state index contributed by atoms with van der Waals surface area (Å²) in [6, 6.07) is 11.5. The third kappa shape index (κ3) is 3.62. The summed E-state index contributed by atoms with van der Waals surface area (Å²) in [4.78, 5) is 1.28. The number of benzene rings is 1. The predicted molar refractivity (Wildman–Crippen MR) is 92.4 cm³/mol. The Morgan fingerprint density at radius 2 is 1.91 bits per heavy atom. The third-order valence-electron chi connectivity index (χ3n) is 4.36. The normalized spacial score (nSPS) is 25.7. The van der Waals surface area contributed by atoms with Crippen molar-refractivity contribution in [2.24, 2.45) is 0 Å². The first-order chi connectivity index (χ1) is 11.2. The average molecular weight is 329 g/mol. The van der Waals surface area contributed by atoms with E-state index in [4.69, 9.17) is 9.84 Å². The van der Waals surface area contributed by atoms with Crippen molar-refractivity contribution in [1.29, 1.82) is 0 Å². The first kappa shape index (κ1) is 15.2. The van der Waals surface area contributed by atoms with Crippen molar-refractivity contribution in [3.63, 3.8) is 0 Å². The highest BCUT2D eigenvalue weighted by molar-refractivity contribution is 7.97. The van der Waals surface area contributed by atoms with E-state index in [0.29, 0.717) is 6.04 Å².